The number of carbonyl (C=O) groups is 2. The van der Waals surface area contributed by atoms with Gasteiger partial charge in [-0.05, 0) is 119 Å². The third kappa shape index (κ3) is 10.2. The number of anilines is 1. The molecule has 5 aliphatic rings. The summed E-state index contributed by atoms with van der Waals surface area (Å²) in [5, 5.41) is 5.70. The summed E-state index contributed by atoms with van der Waals surface area (Å²) in [6.45, 7) is 4.21. The van der Waals surface area contributed by atoms with Crippen LogP contribution in [0.2, 0.25) is 0 Å². The van der Waals surface area contributed by atoms with Crippen LogP contribution in [0.1, 0.15) is 56.9 Å². The molecule has 7 rings (SSSR count). The molecular formula is C43H59F3N6O7S2. The van der Waals surface area contributed by atoms with Crippen LogP contribution in [0.3, 0.4) is 0 Å². The van der Waals surface area contributed by atoms with Gasteiger partial charge in [0.1, 0.15) is 11.6 Å². The number of rotatable bonds is 14. The van der Waals surface area contributed by atoms with Crippen LogP contribution in [0, 0.1) is 23.5 Å². The number of halogens is 3. The Balaban J connectivity index is 0.976. The van der Waals surface area contributed by atoms with E-state index in [2.05, 4.69) is 20.4 Å². The van der Waals surface area contributed by atoms with E-state index in [-0.39, 0.29) is 73.4 Å². The highest BCUT2D eigenvalue weighted by Crippen LogP contribution is 2.52. The average molecular weight is 893 g/mol. The highest BCUT2D eigenvalue weighted by atomic mass is 32.2. The van der Waals surface area contributed by atoms with E-state index in [1.54, 1.807) is 17.0 Å². The summed E-state index contributed by atoms with van der Waals surface area (Å²) in [6, 6.07) is 9.98. The van der Waals surface area contributed by atoms with Crippen LogP contribution in [0.4, 0.5) is 28.4 Å². The van der Waals surface area contributed by atoms with E-state index < -0.39 is 53.9 Å². The molecule has 5 fully saturated rings. The maximum absolute atomic E-state index is 16.4. The molecule has 336 valence electrons. The van der Waals surface area contributed by atoms with E-state index in [0.717, 1.165) is 81.5 Å². The van der Waals surface area contributed by atoms with Crippen LogP contribution in [0.5, 0.6) is 0 Å². The number of likely N-dealkylation sites (tertiary alicyclic amines) is 3. The fraction of sp³-hybridized carbons (Fsp3) is 0.628. The molecule has 4 atom stereocenters. The molecule has 4 aliphatic heterocycles. The average Bonchev–Trinajstić information content (AvgIpc) is 3.66. The normalized spacial score (nSPS) is 25.1. The Kier molecular flexibility index (Phi) is 13.7. The third-order valence-electron chi connectivity index (χ3n) is 13.6. The molecular weight excluding hydrogens is 834 g/mol. The summed E-state index contributed by atoms with van der Waals surface area (Å²) in [5.41, 5.74) is -0.981. The zero-order valence-electron chi connectivity index (χ0n) is 35.0. The number of nitrogens with one attached hydrogen (secondary N) is 2. The topological polar surface area (TPSA) is 149 Å². The van der Waals surface area contributed by atoms with Crippen molar-refractivity contribution >= 4 is 37.5 Å². The first-order chi connectivity index (χ1) is 29.0. The minimum Gasteiger partial charge on any atom is -0.453 e. The molecule has 2 aromatic carbocycles. The van der Waals surface area contributed by atoms with Crippen LogP contribution < -0.4 is 15.5 Å². The van der Waals surface area contributed by atoms with Crippen LogP contribution in [0.25, 0.3) is 0 Å². The fourth-order valence-electron chi connectivity index (χ4n) is 10.6. The molecule has 4 saturated heterocycles. The Morgan fingerprint density at radius 2 is 1.67 bits per heavy atom. The number of alkyl halides is 1. The Hall–Kier alpha value is -3.87. The summed E-state index contributed by atoms with van der Waals surface area (Å²) in [6.07, 6.45) is 7.84. The lowest BCUT2D eigenvalue weighted by Crippen LogP contribution is -2.65. The highest BCUT2D eigenvalue weighted by Gasteiger charge is 2.54. The largest absolute Gasteiger partial charge is 0.453 e. The lowest BCUT2D eigenvalue weighted by Gasteiger charge is -2.54. The third-order valence-corrected chi connectivity index (χ3v) is 16.5. The van der Waals surface area contributed by atoms with Gasteiger partial charge in [-0.2, -0.15) is 0 Å². The van der Waals surface area contributed by atoms with Gasteiger partial charge in [-0.1, -0.05) is 24.6 Å². The first kappa shape index (κ1) is 45.2. The fourth-order valence-corrected chi connectivity index (χ4v) is 12.8. The van der Waals surface area contributed by atoms with Crippen molar-refractivity contribution in [3.05, 3.63) is 71.1 Å². The van der Waals surface area contributed by atoms with Gasteiger partial charge < -0.3 is 30.1 Å². The molecule has 18 heteroatoms. The molecule has 1 aliphatic carbocycles. The van der Waals surface area contributed by atoms with Gasteiger partial charge in [0.25, 0.3) is 0 Å². The van der Waals surface area contributed by atoms with Crippen molar-refractivity contribution in [1.29, 1.82) is 0 Å². The van der Waals surface area contributed by atoms with Gasteiger partial charge in [-0.15, -0.1) is 0 Å². The number of carbonyl (C=O) groups excluding carboxylic acids is 2. The first-order valence-corrected chi connectivity index (χ1v) is 24.9. The number of alkyl carbamates (subject to hydrolysis) is 1. The summed E-state index contributed by atoms with van der Waals surface area (Å²) in [4.78, 5) is 32.5. The van der Waals surface area contributed by atoms with Gasteiger partial charge in [0.15, 0.2) is 25.3 Å². The second-order valence-electron chi connectivity index (χ2n) is 17.8. The predicted molar refractivity (Wildman–Crippen MR) is 227 cm³/mol. The molecule has 2 aromatic rings. The number of urea groups is 1. The van der Waals surface area contributed by atoms with Crippen LogP contribution in [0.15, 0.2) is 58.8 Å². The molecule has 0 radical (unpaired) electrons. The summed E-state index contributed by atoms with van der Waals surface area (Å²) < 4.78 is 102. The molecule has 0 aromatic heterocycles. The first-order valence-electron chi connectivity index (χ1n) is 21.4. The van der Waals surface area contributed by atoms with Gasteiger partial charge in [-0.25, -0.2) is 39.6 Å². The van der Waals surface area contributed by atoms with Crippen molar-refractivity contribution in [3.63, 3.8) is 0 Å². The number of ether oxygens (including phenoxy) is 1. The van der Waals surface area contributed by atoms with Crippen LogP contribution in [-0.4, -0.2) is 146 Å². The smallest absolute Gasteiger partial charge is 0.407 e. The van der Waals surface area contributed by atoms with Crippen molar-refractivity contribution < 1.29 is 44.3 Å². The van der Waals surface area contributed by atoms with E-state index in [1.807, 2.05) is 6.07 Å². The van der Waals surface area contributed by atoms with Gasteiger partial charge in [0, 0.05) is 55.8 Å². The van der Waals surface area contributed by atoms with Gasteiger partial charge in [0.05, 0.1) is 36.0 Å². The maximum Gasteiger partial charge on any atom is 0.407 e. The minimum absolute atomic E-state index is 0.0427. The molecule has 0 spiro atoms. The molecule has 4 heterocycles. The molecule has 61 heavy (non-hydrogen) atoms. The lowest BCUT2D eigenvalue weighted by molar-refractivity contribution is 0.00575. The molecule has 13 nitrogen and oxygen atoms in total. The lowest BCUT2D eigenvalue weighted by atomic mass is 9.57. The number of benzene rings is 2. The van der Waals surface area contributed by atoms with Crippen molar-refractivity contribution in [2.75, 3.05) is 90.3 Å². The summed E-state index contributed by atoms with van der Waals surface area (Å²) >= 11 is 0. The van der Waals surface area contributed by atoms with E-state index in [9.17, 15) is 26.4 Å². The number of hydrogen-bond donors (Lipinski definition) is 2. The van der Waals surface area contributed by atoms with Gasteiger partial charge >= 0.3 is 12.1 Å². The SMILES string of the molecule is COC(=O)N[C@H]1CCC[C@@H]1[C@](CN1CCC1)(c1cccc(F)c1)C1CCN(CC2(F)CN(c3ccc(S(=O)(=O)[C@H]4CCCN(C(=O)NC/C=C/S(C)(=O)=O)C4)cc3F)C2)CC1. The van der Waals surface area contributed by atoms with Crippen molar-refractivity contribution in [2.45, 2.75) is 78.6 Å². The number of nitrogens with zero attached hydrogens (tertiary/aromatic N) is 4. The number of methoxy groups -OCH3 is 1. The molecule has 0 bridgehead atoms. The quantitative estimate of drug-likeness (QED) is 0.269. The second-order valence-corrected chi connectivity index (χ2v) is 21.9. The maximum atomic E-state index is 16.4. The second kappa shape index (κ2) is 18.5. The van der Waals surface area contributed by atoms with Crippen molar-refractivity contribution in [3.8, 4) is 0 Å². The zero-order valence-corrected chi connectivity index (χ0v) is 36.7. The molecule has 3 amide bonds. The van der Waals surface area contributed by atoms with E-state index in [4.69, 9.17) is 4.74 Å². The van der Waals surface area contributed by atoms with E-state index in [1.165, 1.54) is 36.3 Å². The Bertz CT molecular complexity index is 2160. The summed E-state index contributed by atoms with van der Waals surface area (Å²) in [5.74, 6) is -0.852. The number of amides is 3. The zero-order chi connectivity index (χ0) is 43.6. The minimum atomic E-state index is -4.02. The Labute approximate surface area is 357 Å². The Morgan fingerprint density at radius 1 is 0.918 bits per heavy atom. The van der Waals surface area contributed by atoms with Crippen molar-refractivity contribution in [2.24, 2.45) is 11.8 Å². The van der Waals surface area contributed by atoms with E-state index in [0.29, 0.717) is 26.1 Å². The number of sulfone groups is 2. The molecule has 2 N–H and O–H groups in total. The van der Waals surface area contributed by atoms with Crippen LogP contribution in [-0.2, 0) is 29.8 Å². The van der Waals surface area contributed by atoms with Crippen LogP contribution >= 0.6 is 0 Å². The highest BCUT2D eigenvalue weighted by molar-refractivity contribution is 7.93. The van der Waals surface area contributed by atoms with Gasteiger partial charge in [-0.3, -0.25) is 4.90 Å². The monoisotopic (exact) mass is 892 g/mol. The molecule has 1 saturated carbocycles. The number of hydrogen-bond acceptors (Lipinski definition) is 10. The number of piperidine rings is 2. The summed E-state index contributed by atoms with van der Waals surface area (Å²) in [7, 11) is -6.01. The molecule has 0 unspecified atom stereocenters. The standard InChI is InChI=1S/C43H59F3N6O7S2/c1-59-41(54)48-38-12-4-11-36(38)43(30-49-18-7-19-49,32-8-3-9-33(44)24-32)31-15-21-50(22-16-31)27-42(46)28-52(29-42)39-14-13-34(25-37(39)45)61(57,58)35-10-5-20-51(26-35)40(53)47-17-6-23-60(2,55)56/h3,6,8-9,13-14,23-25,31,35-36,38H,4-5,7,10-12,15-22,26-30H2,1-2H3,(H,47,53)(H,48,54)/b23-6+/t35-,36-,38-,43-/m0/s1. The van der Waals surface area contributed by atoms with Crippen molar-refractivity contribution in [1.82, 2.24) is 25.3 Å². The van der Waals surface area contributed by atoms with E-state index >= 15 is 13.2 Å². The van der Waals surface area contributed by atoms with Gasteiger partial charge in [0.2, 0.25) is 0 Å². The Morgan fingerprint density at radius 3 is 2.33 bits per heavy atom. The predicted octanol–water partition coefficient (Wildman–Crippen LogP) is 4.88.